The molecule has 0 saturated heterocycles. The van der Waals surface area contributed by atoms with Gasteiger partial charge in [-0.25, -0.2) is 4.79 Å². The number of benzene rings is 1. The Morgan fingerprint density at radius 1 is 1.12 bits per heavy atom. The Hall–Kier alpha value is -2.08. The Labute approximate surface area is 155 Å². The first-order valence-corrected chi connectivity index (χ1v) is 9.10. The van der Waals surface area contributed by atoms with Gasteiger partial charge in [-0.3, -0.25) is 4.79 Å². The molecule has 1 unspecified atom stereocenters. The molecule has 6 nitrogen and oxygen atoms in total. The Bertz CT molecular complexity index is 539. The van der Waals surface area contributed by atoms with Crippen molar-refractivity contribution in [2.45, 2.75) is 71.1 Å². The molecule has 0 aliphatic rings. The van der Waals surface area contributed by atoms with Crippen LogP contribution in [0.1, 0.15) is 58.4 Å². The number of aliphatic hydroxyl groups excluding tert-OH is 1. The van der Waals surface area contributed by atoms with Gasteiger partial charge in [0.15, 0.2) is 0 Å². The van der Waals surface area contributed by atoms with Gasteiger partial charge in [-0.05, 0) is 39.2 Å². The van der Waals surface area contributed by atoms with Gasteiger partial charge in [0.1, 0.15) is 12.2 Å². The predicted molar refractivity (Wildman–Crippen MR) is 99.6 cm³/mol. The lowest BCUT2D eigenvalue weighted by atomic mass is 10.1. The molecule has 0 spiro atoms. The lowest BCUT2D eigenvalue weighted by Crippen LogP contribution is -2.37. The highest BCUT2D eigenvalue weighted by Gasteiger charge is 2.16. The van der Waals surface area contributed by atoms with E-state index in [1.54, 1.807) is 0 Å². The first-order chi connectivity index (χ1) is 12.3. The summed E-state index contributed by atoms with van der Waals surface area (Å²) in [7, 11) is 0. The van der Waals surface area contributed by atoms with Crippen molar-refractivity contribution < 1.29 is 24.2 Å². The molecule has 0 aliphatic heterocycles. The number of amides is 1. The highest BCUT2D eigenvalue weighted by Crippen LogP contribution is 2.12. The van der Waals surface area contributed by atoms with Crippen LogP contribution in [0.25, 0.3) is 0 Å². The fourth-order valence-corrected chi connectivity index (χ4v) is 2.37. The van der Waals surface area contributed by atoms with Crippen LogP contribution in [-0.2, 0) is 20.9 Å². The van der Waals surface area contributed by atoms with Crippen molar-refractivity contribution in [2.24, 2.45) is 0 Å². The Morgan fingerprint density at radius 2 is 1.81 bits per heavy atom. The topological polar surface area (TPSA) is 84.9 Å². The summed E-state index contributed by atoms with van der Waals surface area (Å²) in [5.41, 5.74) is 0.452. The average Bonchev–Trinajstić information content (AvgIpc) is 2.58. The van der Waals surface area contributed by atoms with Crippen LogP contribution in [0.4, 0.5) is 4.79 Å². The van der Waals surface area contributed by atoms with Crippen molar-refractivity contribution in [1.82, 2.24) is 5.32 Å². The number of unbranched alkanes of at least 4 members (excludes halogenated alkanes) is 2. The molecule has 1 atom stereocenters. The minimum atomic E-state index is -0.540. The van der Waals surface area contributed by atoms with Crippen molar-refractivity contribution in [1.29, 1.82) is 0 Å². The summed E-state index contributed by atoms with van der Waals surface area (Å²) < 4.78 is 10.4. The summed E-state index contributed by atoms with van der Waals surface area (Å²) in [6.45, 7) is 5.59. The number of carbonyl (C=O) groups is 2. The third-order valence-electron chi connectivity index (χ3n) is 3.61. The quantitative estimate of drug-likeness (QED) is 0.489. The lowest BCUT2D eigenvalue weighted by Gasteiger charge is -2.19. The minimum Gasteiger partial charge on any atom is -0.460 e. The molecule has 146 valence electrons. The second kappa shape index (κ2) is 11.5. The van der Waals surface area contributed by atoms with E-state index < -0.39 is 11.7 Å². The van der Waals surface area contributed by atoms with Gasteiger partial charge in [0.2, 0.25) is 0 Å². The van der Waals surface area contributed by atoms with E-state index in [1.165, 1.54) is 0 Å². The van der Waals surface area contributed by atoms with Crippen molar-refractivity contribution in [2.75, 3.05) is 6.61 Å². The number of rotatable bonds is 10. The molecule has 0 saturated carbocycles. The minimum absolute atomic E-state index is 0.146. The molecule has 1 amide bonds. The average molecular weight is 365 g/mol. The highest BCUT2D eigenvalue weighted by atomic mass is 16.6. The van der Waals surface area contributed by atoms with Crippen LogP contribution in [0.3, 0.4) is 0 Å². The van der Waals surface area contributed by atoms with E-state index in [2.05, 4.69) is 5.32 Å². The third kappa shape index (κ3) is 10.7. The van der Waals surface area contributed by atoms with Gasteiger partial charge < -0.3 is 19.9 Å². The van der Waals surface area contributed by atoms with E-state index in [-0.39, 0.29) is 25.2 Å². The Morgan fingerprint density at radius 3 is 2.42 bits per heavy atom. The van der Waals surface area contributed by atoms with Crippen LogP contribution in [0.5, 0.6) is 0 Å². The summed E-state index contributed by atoms with van der Waals surface area (Å²) in [5.74, 6) is -0.196. The molecule has 0 fully saturated rings. The van der Waals surface area contributed by atoms with E-state index in [1.807, 2.05) is 51.1 Å². The van der Waals surface area contributed by atoms with Crippen LogP contribution in [0, 0.1) is 0 Å². The number of ether oxygens (including phenoxy) is 2. The van der Waals surface area contributed by atoms with E-state index >= 15 is 0 Å². The first-order valence-electron chi connectivity index (χ1n) is 9.10. The summed E-state index contributed by atoms with van der Waals surface area (Å²) in [5, 5.41) is 12.1. The second-order valence-corrected chi connectivity index (χ2v) is 7.27. The molecular formula is C20H31NO5. The summed E-state index contributed by atoms with van der Waals surface area (Å²) in [6, 6.07) is 9.06. The molecule has 1 aromatic carbocycles. The molecule has 0 aliphatic carbocycles. The highest BCUT2D eigenvalue weighted by molar-refractivity contribution is 5.69. The number of carbonyl (C=O) groups excluding carboxylic acids is 2. The van der Waals surface area contributed by atoms with Crippen LogP contribution >= 0.6 is 0 Å². The van der Waals surface area contributed by atoms with Gasteiger partial charge in [0.05, 0.1) is 12.6 Å². The normalized spacial score (nSPS) is 12.3. The van der Waals surface area contributed by atoms with E-state index in [0.29, 0.717) is 12.8 Å². The van der Waals surface area contributed by atoms with E-state index in [9.17, 15) is 14.7 Å². The second-order valence-electron chi connectivity index (χ2n) is 7.27. The summed E-state index contributed by atoms with van der Waals surface area (Å²) >= 11 is 0. The maximum Gasteiger partial charge on any atom is 0.407 e. The number of esters is 1. The fraction of sp³-hybridized carbons (Fsp3) is 0.600. The molecule has 0 heterocycles. The van der Waals surface area contributed by atoms with Crippen LogP contribution in [0.2, 0.25) is 0 Å². The molecule has 1 aromatic rings. The predicted octanol–water partition coefficient (Wildman–Crippen LogP) is 3.57. The number of alkyl carbamates (subject to hydrolysis) is 1. The molecule has 0 radical (unpaired) electrons. The number of nitrogens with one attached hydrogen (secondary N) is 1. The van der Waals surface area contributed by atoms with Gasteiger partial charge in [-0.2, -0.15) is 0 Å². The zero-order chi connectivity index (χ0) is 19.4. The van der Waals surface area contributed by atoms with Crippen LogP contribution < -0.4 is 5.32 Å². The molecule has 26 heavy (non-hydrogen) atoms. The van der Waals surface area contributed by atoms with Crippen LogP contribution in [-0.4, -0.2) is 35.4 Å². The van der Waals surface area contributed by atoms with Crippen molar-refractivity contribution in [3.8, 4) is 0 Å². The molecule has 0 aromatic heterocycles. The third-order valence-corrected chi connectivity index (χ3v) is 3.61. The largest absolute Gasteiger partial charge is 0.460 e. The molecule has 6 heteroatoms. The number of aliphatic hydroxyl groups is 1. The summed E-state index contributed by atoms with van der Waals surface area (Å²) in [6.07, 6.45) is 2.83. The zero-order valence-corrected chi connectivity index (χ0v) is 16.0. The smallest absolute Gasteiger partial charge is 0.407 e. The maximum atomic E-state index is 11.8. The van der Waals surface area contributed by atoms with Crippen molar-refractivity contribution >= 4 is 12.1 Å². The SMILES string of the molecule is CC(C)(C)OC(=O)CCCCCC(CO)NC(=O)OCc1ccccc1. The van der Waals surface area contributed by atoms with Crippen LogP contribution in [0.15, 0.2) is 30.3 Å². The first kappa shape index (κ1) is 22.0. The van der Waals surface area contributed by atoms with E-state index in [4.69, 9.17) is 9.47 Å². The lowest BCUT2D eigenvalue weighted by molar-refractivity contribution is -0.154. The molecular weight excluding hydrogens is 334 g/mol. The molecule has 2 N–H and O–H groups in total. The van der Waals surface area contributed by atoms with Gasteiger partial charge in [0, 0.05) is 6.42 Å². The van der Waals surface area contributed by atoms with E-state index in [0.717, 1.165) is 24.8 Å². The Kier molecular flexibility index (Phi) is 9.73. The van der Waals surface area contributed by atoms with Crippen molar-refractivity contribution in [3.63, 3.8) is 0 Å². The Balaban J connectivity index is 2.16. The zero-order valence-electron chi connectivity index (χ0n) is 16.0. The van der Waals surface area contributed by atoms with Gasteiger partial charge in [-0.1, -0.05) is 43.2 Å². The maximum absolute atomic E-state index is 11.8. The van der Waals surface area contributed by atoms with Gasteiger partial charge in [0.25, 0.3) is 0 Å². The van der Waals surface area contributed by atoms with Gasteiger partial charge in [-0.15, -0.1) is 0 Å². The summed E-state index contributed by atoms with van der Waals surface area (Å²) in [4.78, 5) is 23.4. The number of hydrogen-bond donors (Lipinski definition) is 2. The monoisotopic (exact) mass is 365 g/mol. The molecule has 0 bridgehead atoms. The standard InChI is InChI=1S/C20H31NO5/c1-20(2,3)26-18(23)13-9-5-8-12-17(14-22)21-19(24)25-15-16-10-6-4-7-11-16/h4,6-7,10-11,17,22H,5,8-9,12-15H2,1-3H3,(H,21,24). The fourth-order valence-electron chi connectivity index (χ4n) is 2.37. The number of hydrogen-bond acceptors (Lipinski definition) is 5. The van der Waals surface area contributed by atoms with Crippen molar-refractivity contribution in [3.05, 3.63) is 35.9 Å². The molecule has 1 rings (SSSR count). The van der Waals surface area contributed by atoms with Gasteiger partial charge >= 0.3 is 12.1 Å².